The fourth-order valence-electron chi connectivity index (χ4n) is 0.446. The van der Waals surface area contributed by atoms with E-state index in [1.54, 1.807) is 7.05 Å². The van der Waals surface area contributed by atoms with Crippen LogP contribution in [0.1, 0.15) is 20.8 Å². The lowest BCUT2D eigenvalue weighted by Gasteiger charge is -2.16. The molecule has 0 fully saturated rings. The van der Waals surface area contributed by atoms with Gasteiger partial charge in [-0.3, -0.25) is 0 Å². The molecule has 0 aromatic rings. The number of carbonyl (C=O) groups is 1. The van der Waals surface area contributed by atoms with E-state index in [4.69, 9.17) is 0 Å². The van der Waals surface area contributed by atoms with Gasteiger partial charge in [0.2, 0.25) is 0 Å². The minimum atomic E-state index is -0.110. The zero-order chi connectivity index (χ0) is 8.15. The van der Waals surface area contributed by atoms with Crippen molar-refractivity contribution in [3.63, 3.8) is 0 Å². The second-order valence-corrected chi connectivity index (χ2v) is 2.76. The first kappa shape index (κ1) is 9.27. The van der Waals surface area contributed by atoms with Crippen LogP contribution in [0.3, 0.4) is 0 Å². The van der Waals surface area contributed by atoms with E-state index in [1.165, 1.54) is 0 Å². The molecule has 0 aliphatic rings. The highest BCUT2D eigenvalue weighted by Gasteiger charge is 2.07. The number of hydrogen-bond acceptors (Lipinski definition) is 1. The summed E-state index contributed by atoms with van der Waals surface area (Å²) in [5.74, 6) is 0.484. The van der Waals surface area contributed by atoms with E-state index in [2.05, 4.69) is 24.5 Å². The maximum Gasteiger partial charge on any atom is 0.314 e. The quantitative estimate of drug-likeness (QED) is 0.595. The van der Waals surface area contributed by atoms with Crippen LogP contribution in [0.5, 0.6) is 0 Å². The molecule has 0 aromatic heterocycles. The second-order valence-electron chi connectivity index (χ2n) is 2.76. The van der Waals surface area contributed by atoms with Crippen molar-refractivity contribution in [2.45, 2.75) is 26.8 Å². The third-order valence-electron chi connectivity index (χ3n) is 1.59. The van der Waals surface area contributed by atoms with E-state index in [-0.39, 0.29) is 12.1 Å². The molecule has 10 heavy (non-hydrogen) atoms. The van der Waals surface area contributed by atoms with Gasteiger partial charge in [-0.25, -0.2) is 4.79 Å². The highest BCUT2D eigenvalue weighted by Crippen LogP contribution is 1.98. The Labute approximate surface area is 62.2 Å². The maximum atomic E-state index is 10.7. The van der Waals surface area contributed by atoms with Crippen LogP contribution in [0.2, 0.25) is 0 Å². The molecule has 0 rings (SSSR count). The average molecular weight is 144 g/mol. The van der Waals surface area contributed by atoms with Crippen molar-refractivity contribution in [1.29, 1.82) is 0 Å². The molecule has 3 heteroatoms. The van der Waals surface area contributed by atoms with Crippen LogP contribution in [0.25, 0.3) is 0 Å². The Kier molecular flexibility index (Phi) is 3.84. The topological polar surface area (TPSA) is 41.1 Å². The van der Waals surface area contributed by atoms with Crippen LogP contribution in [-0.2, 0) is 0 Å². The number of urea groups is 1. The summed E-state index contributed by atoms with van der Waals surface area (Å²) in [4.78, 5) is 10.7. The summed E-state index contributed by atoms with van der Waals surface area (Å²) in [5.41, 5.74) is 0. The molecule has 3 nitrogen and oxygen atoms in total. The van der Waals surface area contributed by atoms with E-state index < -0.39 is 0 Å². The minimum Gasteiger partial charge on any atom is -0.341 e. The van der Waals surface area contributed by atoms with Crippen molar-refractivity contribution in [1.82, 2.24) is 10.6 Å². The van der Waals surface area contributed by atoms with Crippen molar-refractivity contribution in [2.24, 2.45) is 5.92 Å². The van der Waals surface area contributed by atoms with E-state index in [1.807, 2.05) is 6.92 Å². The Morgan fingerprint density at radius 3 is 2.10 bits per heavy atom. The summed E-state index contributed by atoms with van der Waals surface area (Å²) in [5, 5.41) is 5.28. The van der Waals surface area contributed by atoms with E-state index in [0.29, 0.717) is 5.92 Å². The molecule has 2 amide bonds. The van der Waals surface area contributed by atoms with Crippen molar-refractivity contribution in [3.05, 3.63) is 0 Å². The predicted octanol–water partition coefficient (Wildman–Crippen LogP) is 0.960. The van der Waals surface area contributed by atoms with Crippen LogP contribution in [0, 0.1) is 5.92 Å². The normalized spacial score (nSPS) is 12.9. The standard InChI is InChI=1S/C7H16N2O/c1-5(2)6(3)9-7(10)8-4/h5-6H,1-4H3,(H2,8,9,10)/t6-/m0/s1. The molecule has 1 atom stereocenters. The Hall–Kier alpha value is -0.730. The number of rotatable bonds is 2. The molecule has 0 saturated heterocycles. The van der Waals surface area contributed by atoms with Gasteiger partial charge in [-0.1, -0.05) is 13.8 Å². The highest BCUT2D eigenvalue weighted by atomic mass is 16.2. The molecule has 0 heterocycles. The van der Waals surface area contributed by atoms with Gasteiger partial charge in [0.05, 0.1) is 0 Å². The molecule has 0 spiro atoms. The van der Waals surface area contributed by atoms with Gasteiger partial charge in [0.25, 0.3) is 0 Å². The number of hydrogen-bond donors (Lipinski definition) is 2. The van der Waals surface area contributed by atoms with Crippen molar-refractivity contribution in [2.75, 3.05) is 7.05 Å². The number of carbonyl (C=O) groups excluding carboxylic acids is 1. The monoisotopic (exact) mass is 144 g/mol. The fourth-order valence-corrected chi connectivity index (χ4v) is 0.446. The highest BCUT2D eigenvalue weighted by molar-refractivity contribution is 5.73. The lowest BCUT2D eigenvalue weighted by atomic mass is 10.1. The van der Waals surface area contributed by atoms with Crippen LogP contribution in [0.4, 0.5) is 4.79 Å². The van der Waals surface area contributed by atoms with Gasteiger partial charge in [0, 0.05) is 13.1 Å². The van der Waals surface area contributed by atoms with Crippen LogP contribution >= 0.6 is 0 Å². The molecule has 0 saturated carbocycles. The lowest BCUT2D eigenvalue weighted by Crippen LogP contribution is -2.41. The van der Waals surface area contributed by atoms with Gasteiger partial charge in [-0.15, -0.1) is 0 Å². The first-order valence-corrected chi connectivity index (χ1v) is 3.56. The Morgan fingerprint density at radius 2 is 1.80 bits per heavy atom. The molecule has 0 bridgehead atoms. The largest absolute Gasteiger partial charge is 0.341 e. The van der Waals surface area contributed by atoms with Crippen LogP contribution in [0.15, 0.2) is 0 Å². The minimum absolute atomic E-state index is 0.110. The molecule has 0 radical (unpaired) electrons. The maximum absolute atomic E-state index is 10.7. The van der Waals surface area contributed by atoms with Gasteiger partial charge < -0.3 is 10.6 Å². The SMILES string of the molecule is CNC(=O)N[C@@H](C)C(C)C. The van der Waals surface area contributed by atoms with Gasteiger partial charge in [-0.2, -0.15) is 0 Å². The van der Waals surface area contributed by atoms with Gasteiger partial charge >= 0.3 is 6.03 Å². The van der Waals surface area contributed by atoms with Crippen molar-refractivity contribution in [3.8, 4) is 0 Å². The fraction of sp³-hybridized carbons (Fsp3) is 0.857. The Morgan fingerprint density at radius 1 is 1.30 bits per heavy atom. The average Bonchev–Trinajstić information content (AvgIpc) is 1.87. The van der Waals surface area contributed by atoms with Crippen molar-refractivity contribution < 1.29 is 4.79 Å². The summed E-state index contributed by atoms with van der Waals surface area (Å²) in [7, 11) is 1.61. The van der Waals surface area contributed by atoms with E-state index in [0.717, 1.165) is 0 Å². The molecular formula is C7H16N2O. The predicted molar refractivity (Wildman–Crippen MR) is 41.9 cm³/mol. The van der Waals surface area contributed by atoms with E-state index >= 15 is 0 Å². The molecule has 60 valence electrons. The second kappa shape index (κ2) is 4.14. The Bertz CT molecular complexity index is 112. The number of nitrogens with one attached hydrogen (secondary N) is 2. The third kappa shape index (κ3) is 3.33. The molecular weight excluding hydrogens is 128 g/mol. The molecule has 0 aliphatic heterocycles. The zero-order valence-electron chi connectivity index (χ0n) is 7.06. The first-order valence-electron chi connectivity index (χ1n) is 3.56. The van der Waals surface area contributed by atoms with E-state index in [9.17, 15) is 4.79 Å². The summed E-state index contributed by atoms with van der Waals surface area (Å²) in [6.07, 6.45) is 0. The summed E-state index contributed by atoms with van der Waals surface area (Å²) >= 11 is 0. The molecule has 0 unspecified atom stereocenters. The summed E-state index contributed by atoms with van der Waals surface area (Å²) < 4.78 is 0. The van der Waals surface area contributed by atoms with Gasteiger partial charge in [0.15, 0.2) is 0 Å². The lowest BCUT2D eigenvalue weighted by molar-refractivity contribution is 0.236. The molecule has 0 aromatic carbocycles. The van der Waals surface area contributed by atoms with Crippen molar-refractivity contribution >= 4 is 6.03 Å². The zero-order valence-corrected chi connectivity index (χ0v) is 7.06. The van der Waals surface area contributed by atoms with Crippen LogP contribution < -0.4 is 10.6 Å². The van der Waals surface area contributed by atoms with Gasteiger partial charge in [0.1, 0.15) is 0 Å². The number of amides is 2. The molecule has 0 aliphatic carbocycles. The van der Waals surface area contributed by atoms with Crippen LogP contribution in [-0.4, -0.2) is 19.1 Å². The summed E-state index contributed by atoms with van der Waals surface area (Å²) in [6.45, 7) is 6.13. The third-order valence-corrected chi connectivity index (χ3v) is 1.59. The molecule has 2 N–H and O–H groups in total. The smallest absolute Gasteiger partial charge is 0.314 e. The Balaban J connectivity index is 3.57. The first-order chi connectivity index (χ1) is 4.57. The summed E-state index contributed by atoms with van der Waals surface area (Å²) in [6, 6.07) is 0.126. The van der Waals surface area contributed by atoms with Gasteiger partial charge in [-0.05, 0) is 12.8 Å².